The summed E-state index contributed by atoms with van der Waals surface area (Å²) in [6.07, 6.45) is 4.54. The van der Waals surface area contributed by atoms with Gasteiger partial charge < -0.3 is 14.7 Å². The van der Waals surface area contributed by atoms with Crippen LogP contribution in [0.3, 0.4) is 0 Å². The average Bonchev–Trinajstić information content (AvgIpc) is 3.14. The Labute approximate surface area is 147 Å². The van der Waals surface area contributed by atoms with E-state index in [2.05, 4.69) is 9.88 Å². The highest BCUT2D eigenvalue weighted by Crippen LogP contribution is 2.39. The largest absolute Gasteiger partial charge is 0.508 e. The van der Waals surface area contributed by atoms with E-state index in [1.807, 2.05) is 12.1 Å². The fourth-order valence-corrected chi connectivity index (χ4v) is 4.21. The number of hydrogen-bond acceptors (Lipinski definition) is 4. The van der Waals surface area contributed by atoms with Gasteiger partial charge in [0, 0.05) is 25.8 Å². The molecule has 4 rings (SSSR count). The number of fused-ring (bicyclic) bond motifs is 1. The van der Waals surface area contributed by atoms with Crippen LogP contribution in [0.15, 0.2) is 42.6 Å². The first-order valence-electron chi connectivity index (χ1n) is 8.95. The van der Waals surface area contributed by atoms with Gasteiger partial charge in [-0.25, -0.2) is 4.98 Å². The number of aromatic hydroxyl groups is 1. The minimum Gasteiger partial charge on any atom is -0.508 e. The molecule has 1 aromatic carbocycles. The minimum atomic E-state index is -0.518. The molecule has 25 heavy (non-hydrogen) atoms. The van der Waals surface area contributed by atoms with Gasteiger partial charge in [0.25, 0.3) is 5.95 Å². The lowest BCUT2D eigenvalue weighted by atomic mass is 10.0. The number of halogens is 1. The van der Waals surface area contributed by atoms with E-state index in [1.54, 1.807) is 24.3 Å². The topological polar surface area (TPSA) is 45.6 Å². The van der Waals surface area contributed by atoms with Crippen LogP contribution in [0.5, 0.6) is 11.5 Å². The average molecular weight is 342 g/mol. The summed E-state index contributed by atoms with van der Waals surface area (Å²) in [5, 5.41) is 9.34. The van der Waals surface area contributed by atoms with Crippen LogP contribution in [0.25, 0.3) is 0 Å². The third kappa shape index (κ3) is 3.76. The van der Waals surface area contributed by atoms with Crippen molar-refractivity contribution in [3.05, 3.63) is 54.1 Å². The molecule has 0 bridgehead atoms. The Kier molecular flexibility index (Phi) is 4.57. The molecule has 0 radical (unpaired) electrons. The lowest BCUT2D eigenvalue weighted by Crippen LogP contribution is -2.26. The maximum Gasteiger partial charge on any atom is 0.255 e. The summed E-state index contributed by atoms with van der Waals surface area (Å²) in [5.41, 5.74) is 1.25. The summed E-state index contributed by atoms with van der Waals surface area (Å²) < 4.78 is 19.5. The zero-order valence-corrected chi connectivity index (χ0v) is 14.1. The van der Waals surface area contributed by atoms with E-state index >= 15 is 0 Å². The number of phenols is 1. The molecule has 4 nitrogen and oxygen atoms in total. The molecule has 2 aromatic rings. The smallest absolute Gasteiger partial charge is 0.255 e. The van der Waals surface area contributed by atoms with E-state index in [1.165, 1.54) is 11.8 Å². The van der Waals surface area contributed by atoms with Crippen molar-refractivity contribution in [2.45, 2.75) is 25.4 Å². The van der Waals surface area contributed by atoms with Gasteiger partial charge in [-0.1, -0.05) is 12.1 Å². The molecular weight excluding hydrogens is 319 g/mol. The maximum atomic E-state index is 13.6. The molecule has 2 heterocycles. The summed E-state index contributed by atoms with van der Waals surface area (Å²) in [6.45, 7) is 3.23. The van der Waals surface area contributed by atoms with Crippen LogP contribution in [0.1, 0.15) is 18.4 Å². The Morgan fingerprint density at radius 3 is 2.52 bits per heavy atom. The summed E-state index contributed by atoms with van der Waals surface area (Å²) in [5.74, 6) is 1.36. The van der Waals surface area contributed by atoms with Crippen molar-refractivity contribution in [1.29, 1.82) is 0 Å². The molecule has 1 saturated carbocycles. The molecule has 1 aliphatic carbocycles. The Balaban J connectivity index is 1.26. The molecule has 3 atom stereocenters. The van der Waals surface area contributed by atoms with Crippen LogP contribution in [-0.2, 0) is 6.42 Å². The van der Waals surface area contributed by atoms with E-state index in [-0.39, 0.29) is 11.9 Å². The molecule has 1 N–H and O–H groups in total. The van der Waals surface area contributed by atoms with Crippen LogP contribution >= 0.6 is 0 Å². The quantitative estimate of drug-likeness (QED) is 0.847. The van der Waals surface area contributed by atoms with Gasteiger partial charge in [-0.05, 0) is 60.9 Å². The Morgan fingerprint density at radius 1 is 1.12 bits per heavy atom. The first-order valence-corrected chi connectivity index (χ1v) is 8.95. The number of pyridine rings is 1. The Morgan fingerprint density at radius 2 is 1.84 bits per heavy atom. The van der Waals surface area contributed by atoms with Gasteiger partial charge in [-0.15, -0.1) is 0 Å². The standard InChI is InChI=1S/C20H23FN2O2/c21-20-19(2-1-8-22-20)25-18-10-15-12-23(13-16(15)11-18)9-7-14-3-5-17(24)6-4-14/h1-6,8,15-16,18,24H,7,9-13H2/t15-,16+,18?. The molecule has 1 aromatic heterocycles. The van der Waals surface area contributed by atoms with E-state index in [0.717, 1.165) is 38.9 Å². The fraction of sp³-hybridized carbons (Fsp3) is 0.450. The second kappa shape index (κ2) is 7.00. The molecule has 2 aliphatic rings. The monoisotopic (exact) mass is 342 g/mol. The van der Waals surface area contributed by atoms with E-state index in [0.29, 0.717) is 17.6 Å². The predicted molar refractivity (Wildman–Crippen MR) is 93.1 cm³/mol. The van der Waals surface area contributed by atoms with Crippen molar-refractivity contribution in [1.82, 2.24) is 9.88 Å². The Hall–Kier alpha value is -2.14. The predicted octanol–water partition coefficient (Wildman–Crippen LogP) is 3.26. The molecule has 1 saturated heterocycles. The van der Waals surface area contributed by atoms with Crippen LogP contribution in [0.4, 0.5) is 4.39 Å². The van der Waals surface area contributed by atoms with Gasteiger partial charge in [0.1, 0.15) is 5.75 Å². The zero-order valence-electron chi connectivity index (χ0n) is 14.1. The number of ether oxygens (including phenoxy) is 1. The summed E-state index contributed by atoms with van der Waals surface area (Å²) in [7, 11) is 0. The summed E-state index contributed by atoms with van der Waals surface area (Å²) in [6, 6.07) is 10.8. The lowest BCUT2D eigenvalue weighted by Gasteiger charge is -2.19. The van der Waals surface area contributed by atoms with Gasteiger partial charge in [-0.2, -0.15) is 4.39 Å². The normalized spacial score (nSPS) is 25.9. The lowest BCUT2D eigenvalue weighted by molar-refractivity contribution is 0.177. The van der Waals surface area contributed by atoms with Crippen LogP contribution in [0, 0.1) is 17.8 Å². The number of hydrogen-bond donors (Lipinski definition) is 1. The number of benzene rings is 1. The highest BCUT2D eigenvalue weighted by atomic mass is 19.1. The molecule has 0 amide bonds. The number of phenolic OH excluding ortho intramolecular Hbond substituents is 1. The first-order chi connectivity index (χ1) is 12.2. The fourth-order valence-electron chi connectivity index (χ4n) is 4.21. The molecule has 5 heteroatoms. The third-order valence-corrected chi connectivity index (χ3v) is 5.45. The second-order valence-corrected chi connectivity index (χ2v) is 7.20. The molecular formula is C20H23FN2O2. The number of aromatic nitrogens is 1. The summed E-state index contributed by atoms with van der Waals surface area (Å²) >= 11 is 0. The highest BCUT2D eigenvalue weighted by Gasteiger charge is 2.41. The van der Waals surface area contributed by atoms with Gasteiger partial charge in [0.2, 0.25) is 0 Å². The minimum absolute atomic E-state index is 0.105. The summed E-state index contributed by atoms with van der Waals surface area (Å²) in [4.78, 5) is 6.17. The first kappa shape index (κ1) is 16.3. The number of likely N-dealkylation sites (tertiary alicyclic amines) is 1. The molecule has 132 valence electrons. The van der Waals surface area contributed by atoms with Crippen molar-refractivity contribution in [2.75, 3.05) is 19.6 Å². The molecule has 1 aliphatic heterocycles. The molecule has 1 unspecified atom stereocenters. The molecule has 0 spiro atoms. The van der Waals surface area contributed by atoms with Crippen molar-refractivity contribution in [3.63, 3.8) is 0 Å². The van der Waals surface area contributed by atoms with Crippen molar-refractivity contribution >= 4 is 0 Å². The highest BCUT2D eigenvalue weighted by molar-refractivity contribution is 5.26. The van der Waals surface area contributed by atoms with Crippen molar-refractivity contribution in [3.8, 4) is 11.5 Å². The van der Waals surface area contributed by atoms with Gasteiger partial charge in [0.05, 0.1) is 6.10 Å². The Bertz CT molecular complexity index is 708. The zero-order chi connectivity index (χ0) is 17.2. The SMILES string of the molecule is Oc1ccc(CCN2C[C@H]3CC(Oc4cccnc4F)C[C@H]3C2)cc1. The number of nitrogens with zero attached hydrogens (tertiary/aromatic N) is 2. The van der Waals surface area contributed by atoms with E-state index in [4.69, 9.17) is 4.74 Å². The van der Waals surface area contributed by atoms with E-state index < -0.39 is 5.95 Å². The number of rotatable bonds is 5. The van der Waals surface area contributed by atoms with Gasteiger partial charge >= 0.3 is 0 Å². The van der Waals surface area contributed by atoms with Crippen LogP contribution < -0.4 is 4.74 Å². The third-order valence-electron chi connectivity index (χ3n) is 5.45. The molecule has 2 fully saturated rings. The van der Waals surface area contributed by atoms with Crippen LogP contribution in [0.2, 0.25) is 0 Å². The second-order valence-electron chi connectivity index (χ2n) is 7.20. The maximum absolute atomic E-state index is 13.6. The van der Waals surface area contributed by atoms with Gasteiger partial charge in [0.15, 0.2) is 5.75 Å². The van der Waals surface area contributed by atoms with Crippen LogP contribution in [-0.4, -0.2) is 40.7 Å². The van der Waals surface area contributed by atoms with Gasteiger partial charge in [-0.3, -0.25) is 0 Å². The van der Waals surface area contributed by atoms with Crippen molar-refractivity contribution < 1.29 is 14.2 Å². The van der Waals surface area contributed by atoms with E-state index in [9.17, 15) is 9.50 Å². The van der Waals surface area contributed by atoms with Crippen molar-refractivity contribution in [2.24, 2.45) is 11.8 Å².